The number of ether oxygens (including phenoxy) is 1. The Morgan fingerprint density at radius 2 is 2.00 bits per heavy atom. The fourth-order valence-corrected chi connectivity index (χ4v) is 3.95. The molecule has 0 bridgehead atoms. The van der Waals surface area contributed by atoms with E-state index in [4.69, 9.17) is 4.74 Å². The summed E-state index contributed by atoms with van der Waals surface area (Å²) in [6.07, 6.45) is 5.46. The predicted molar refractivity (Wildman–Crippen MR) is 80.3 cm³/mol. The quantitative estimate of drug-likeness (QED) is 0.799. The molecule has 1 aromatic rings. The van der Waals surface area contributed by atoms with Crippen LogP contribution in [-0.4, -0.2) is 20.2 Å². The molecule has 0 unspecified atom stereocenters. The maximum atomic E-state index is 5.56. The summed E-state index contributed by atoms with van der Waals surface area (Å²) in [5.74, 6) is 1.06. The van der Waals surface area contributed by atoms with Gasteiger partial charge in [0.05, 0.1) is 7.11 Å². The Morgan fingerprint density at radius 1 is 1.26 bits per heavy atom. The van der Waals surface area contributed by atoms with Crippen molar-refractivity contribution in [2.75, 3.05) is 25.1 Å². The van der Waals surface area contributed by atoms with Crippen molar-refractivity contribution >= 4 is 5.69 Å². The molecule has 1 aromatic carbocycles. The summed E-state index contributed by atoms with van der Waals surface area (Å²) in [5.41, 5.74) is 6.26. The lowest BCUT2D eigenvalue weighted by molar-refractivity contribution is 0.134. The number of fused-ring (bicyclic) bond motifs is 1. The van der Waals surface area contributed by atoms with Gasteiger partial charge in [-0.2, -0.15) is 0 Å². The van der Waals surface area contributed by atoms with Crippen molar-refractivity contribution in [2.24, 2.45) is 5.41 Å². The van der Waals surface area contributed by atoms with Crippen LogP contribution >= 0.6 is 0 Å². The number of nitrogens with zero attached hydrogens (tertiary/aromatic N) is 1. The van der Waals surface area contributed by atoms with Gasteiger partial charge in [0.1, 0.15) is 5.75 Å². The van der Waals surface area contributed by atoms with Crippen molar-refractivity contribution < 1.29 is 4.74 Å². The Morgan fingerprint density at radius 3 is 2.53 bits per heavy atom. The van der Waals surface area contributed by atoms with Crippen molar-refractivity contribution in [3.8, 4) is 5.75 Å². The van der Waals surface area contributed by atoms with Gasteiger partial charge in [-0.15, -0.1) is 0 Å². The first kappa shape index (κ1) is 12.8. The van der Waals surface area contributed by atoms with E-state index >= 15 is 0 Å². The van der Waals surface area contributed by atoms with E-state index in [9.17, 15) is 0 Å². The minimum atomic E-state index is 0.565. The number of hydrogen-bond donors (Lipinski definition) is 0. The van der Waals surface area contributed by atoms with E-state index in [0.717, 1.165) is 12.3 Å². The number of rotatable bonds is 2. The Bertz CT molecular complexity index is 502. The molecule has 2 aliphatic rings. The maximum Gasteiger partial charge on any atom is 0.122 e. The van der Waals surface area contributed by atoms with Gasteiger partial charge in [-0.3, -0.25) is 0 Å². The largest absolute Gasteiger partial charge is 0.496 e. The van der Waals surface area contributed by atoms with Gasteiger partial charge >= 0.3 is 0 Å². The van der Waals surface area contributed by atoms with Crippen LogP contribution in [-0.2, 0) is 6.42 Å². The molecule has 0 saturated heterocycles. The van der Waals surface area contributed by atoms with E-state index in [-0.39, 0.29) is 0 Å². The highest BCUT2D eigenvalue weighted by Gasteiger charge is 2.42. The summed E-state index contributed by atoms with van der Waals surface area (Å²) in [5, 5.41) is 0. The summed E-state index contributed by atoms with van der Waals surface area (Å²) in [6, 6.07) is 2.29. The SMILES string of the molecule is CCN1CC2(CCC2)Cc2cc(OC)c(C)c(C)c21. The molecule has 0 radical (unpaired) electrons. The molecule has 2 nitrogen and oxygen atoms in total. The standard InChI is InChI=1S/C17H25NO/c1-5-18-11-17(7-6-8-17)10-14-9-15(19-4)12(2)13(3)16(14)18/h9H,5-8,10-11H2,1-4H3. The highest BCUT2D eigenvalue weighted by Crippen LogP contribution is 2.51. The van der Waals surface area contributed by atoms with E-state index < -0.39 is 0 Å². The minimum Gasteiger partial charge on any atom is -0.496 e. The lowest BCUT2D eigenvalue weighted by atomic mass is 9.63. The third-order valence-electron chi connectivity index (χ3n) is 5.32. The van der Waals surface area contributed by atoms with Gasteiger partial charge in [-0.05, 0) is 68.2 Å². The smallest absolute Gasteiger partial charge is 0.122 e. The molecule has 104 valence electrons. The van der Waals surface area contributed by atoms with E-state index in [2.05, 4.69) is 31.7 Å². The lowest BCUT2D eigenvalue weighted by Crippen LogP contribution is -2.48. The molecule has 1 heterocycles. The van der Waals surface area contributed by atoms with Crippen LogP contribution in [0.25, 0.3) is 0 Å². The molecule has 0 amide bonds. The second-order valence-electron chi connectivity index (χ2n) is 6.38. The Hall–Kier alpha value is -1.18. The summed E-state index contributed by atoms with van der Waals surface area (Å²) in [7, 11) is 1.79. The van der Waals surface area contributed by atoms with Crippen LogP contribution in [0.2, 0.25) is 0 Å². The molecule has 1 aliphatic heterocycles. The van der Waals surface area contributed by atoms with Gasteiger partial charge in [-0.1, -0.05) is 6.42 Å². The van der Waals surface area contributed by atoms with Crippen molar-refractivity contribution in [3.05, 3.63) is 22.8 Å². The normalized spacial score (nSPS) is 20.1. The summed E-state index contributed by atoms with van der Waals surface area (Å²) < 4.78 is 5.56. The zero-order valence-electron chi connectivity index (χ0n) is 12.7. The van der Waals surface area contributed by atoms with Gasteiger partial charge in [0, 0.05) is 18.8 Å². The molecular weight excluding hydrogens is 234 g/mol. The monoisotopic (exact) mass is 259 g/mol. The van der Waals surface area contributed by atoms with E-state index in [0.29, 0.717) is 5.41 Å². The molecule has 0 N–H and O–H groups in total. The van der Waals surface area contributed by atoms with Crippen molar-refractivity contribution in [2.45, 2.75) is 46.5 Å². The van der Waals surface area contributed by atoms with Crippen molar-refractivity contribution in [1.82, 2.24) is 0 Å². The van der Waals surface area contributed by atoms with Crippen LogP contribution in [0.4, 0.5) is 5.69 Å². The minimum absolute atomic E-state index is 0.565. The summed E-state index contributed by atoms with van der Waals surface area (Å²) in [4.78, 5) is 2.60. The first-order valence-electron chi connectivity index (χ1n) is 7.52. The van der Waals surface area contributed by atoms with Gasteiger partial charge in [0.15, 0.2) is 0 Å². The Kier molecular flexibility index (Phi) is 2.99. The number of hydrogen-bond acceptors (Lipinski definition) is 2. The molecule has 19 heavy (non-hydrogen) atoms. The molecule has 1 fully saturated rings. The van der Waals surface area contributed by atoms with E-state index in [1.807, 2.05) is 0 Å². The molecule has 1 aliphatic carbocycles. The van der Waals surface area contributed by atoms with Crippen LogP contribution in [0, 0.1) is 19.3 Å². The average molecular weight is 259 g/mol. The first-order chi connectivity index (χ1) is 9.10. The van der Waals surface area contributed by atoms with Crippen LogP contribution in [0.3, 0.4) is 0 Å². The first-order valence-corrected chi connectivity index (χ1v) is 7.52. The highest BCUT2D eigenvalue weighted by atomic mass is 16.5. The zero-order valence-corrected chi connectivity index (χ0v) is 12.7. The fourth-order valence-electron chi connectivity index (χ4n) is 3.95. The van der Waals surface area contributed by atoms with E-state index in [1.54, 1.807) is 7.11 Å². The molecule has 2 heteroatoms. The van der Waals surface area contributed by atoms with Crippen LogP contribution < -0.4 is 9.64 Å². The summed E-state index contributed by atoms with van der Waals surface area (Å²) in [6.45, 7) is 9.07. The third-order valence-corrected chi connectivity index (χ3v) is 5.32. The van der Waals surface area contributed by atoms with Gasteiger partial charge in [0.2, 0.25) is 0 Å². The van der Waals surface area contributed by atoms with Crippen molar-refractivity contribution in [3.63, 3.8) is 0 Å². The predicted octanol–water partition coefficient (Wildman–Crippen LogP) is 3.86. The molecule has 0 atom stereocenters. The van der Waals surface area contributed by atoms with Crippen LogP contribution in [0.1, 0.15) is 42.9 Å². The van der Waals surface area contributed by atoms with Gasteiger partial charge < -0.3 is 9.64 Å². The lowest BCUT2D eigenvalue weighted by Gasteiger charge is -2.50. The number of anilines is 1. The molecule has 1 spiro atoms. The van der Waals surface area contributed by atoms with Crippen LogP contribution in [0.15, 0.2) is 6.07 Å². The van der Waals surface area contributed by atoms with Gasteiger partial charge in [0.25, 0.3) is 0 Å². The summed E-state index contributed by atoms with van der Waals surface area (Å²) >= 11 is 0. The fraction of sp³-hybridized carbons (Fsp3) is 0.647. The number of benzene rings is 1. The maximum absolute atomic E-state index is 5.56. The zero-order chi connectivity index (χ0) is 13.6. The highest BCUT2D eigenvalue weighted by molar-refractivity contribution is 5.67. The Balaban J connectivity index is 2.11. The molecule has 1 saturated carbocycles. The van der Waals surface area contributed by atoms with Gasteiger partial charge in [-0.25, -0.2) is 0 Å². The van der Waals surface area contributed by atoms with E-state index in [1.165, 1.54) is 54.6 Å². The molecule has 0 aromatic heterocycles. The second kappa shape index (κ2) is 4.43. The topological polar surface area (TPSA) is 12.5 Å². The van der Waals surface area contributed by atoms with Crippen LogP contribution in [0.5, 0.6) is 5.75 Å². The third kappa shape index (κ3) is 1.84. The second-order valence-corrected chi connectivity index (χ2v) is 6.38. The molecular formula is C17H25NO. The Labute approximate surface area is 116 Å². The average Bonchev–Trinajstić information content (AvgIpc) is 2.39. The molecule has 3 rings (SSSR count). The van der Waals surface area contributed by atoms with Crippen molar-refractivity contribution in [1.29, 1.82) is 0 Å². The number of methoxy groups -OCH3 is 1.